The first-order valence-electron chi connectivity index (χ1n) is 14.3. The summed E-state index contributed by atoms with van der Waals surface area (Å²) < 4.78 is 42.0. The number of ether oxygens (including phenoxy) is 2. The number of para-hydroxylation sites is 1. The summed E-state index contributed by atoms with van der Waals surface area (Å²) in [5, 5.41) is 1.01. The van der Waals surface area contributed by atoms with Crippen LogP contribution < -0.4 is 9.64 Å². The van der Waals surface area contributed by atoms with Crippen LogP contribution in [-0.2, 0) is 26.1 Å². The Hall–Kier alpha value is -3.92. The lowest BCUT2D eigenvalue weighted by atomic mass is 10.0. The number of aryl methyl sites for hydroxylation is 2. The summed E-state index contributed by atoms with van der Waals surface area (Å²) in [6, 6.07) is 19.3. The molecule has 1 fully saturated rings. The second-order valence-electron chi connectivity index (χ2n) is 10.7. The lowest BCUT2D eigenvalue weighted by Crippen LogP contribution is -2.40. The number of carbonyl (C=O) groups is 1. The van der Waals surface area contributed by atoms with E-state index in [1.807, 2.05) is 44.3 Å². The molecule has 9 heteroatoms. The van der Waals surface area contributed by atoms with Gasteiger partial charge in [-0.2, -0.15) is 4.31 Å². The normalized spacial score (nSPS) is 16.9. The minimum Gasteiger partial charge on any atom is -0.491 e. The number of anilines is 1. The summed E-state index contributed by atoms with van der Waals surface area (Å²) in [5.74, 6) is 0.743. The Bertz CT molecular complexity index is 1800. The molecule has 0 bridgehead atoms. The number of amides is 1. The highest BCUT2D eigenvalue weighted by Gasteiger charge is 2.34. The molecule has 42 heavy (non-hydrogen) atoms. The molecule has 1 amide bonds. The molecule has 8 nitrogen and oxygen atoms in total. The van der Waals surface area contributed by atoms with Gasteiger partial charge in [0.25, 0.3) is 5.91 Å². The van der Waals surface area contributed by atoms with Gasteiger partial charge in [0.1, 0.15) is 12.4 Å². The lowest BCUT2D eigenvalue weighted by Gasteiger charge is -2.26. The highest BCUT2D eigenvalue weighted by molar-refractivity contribution is 7.89. The second-order valence-corrected chi connectivity index (χ2v) is 12.7. The molecule has 4 aromatic rings. The zero-order valence-electron chi connectivity index (χ0n) is 24.2. The van der Waals surface area contributed by atoms with Crippen LogP contribution in [0, 0.1) is 13.8 Å². The molecule has 1 saturated heterocycles. The van der Waals surface area contributed by atoms with Crippen molar-refractivity contribution in [3.63, 3.8) is 0 Å². The molecular weight excluding hydrogens is 550 g/mol. The minimum absolute atomic E-state index is 0.136. The Morgan fingerprint density at radius 3 is 2.57 bits per heavy atom. The average Bonchev–Trinajstić information content (AvgIpc) is 3.48. The smallest absolute Gasteiger partial charge is 0.258 e. The zero-order chi connectivity index (χ0) is 29.4. The number of rotatable bonds is 8. The number of carbonyl (C=O) groups excluding carboxylic acids is 1. The fourth-order valence-electron chi connectivity index (χ4n) is 5.73. The fraction of sp³-hybridized carbons (Fsp3) is 0.303. The number of nitrogens with zero attached hydrogens (tertiary/aromatic N) is 3. The van der Waals surface area contributed by atoms with Crippen molar-refractivity contribution >= 4 is 44.2 Å². The van der Waals surface area contributed by atoms with Crippen molar-refractivity contribution in [3.05, 3.63) is 89.1 Å². The van der Waals surface area contributed by atoms with Gasteiger partial charge in [-0.15, -0.1) is 0 Å². The summed E-state index contributed by atoms with van der Waals surface area (Å²) in [6.45, 7) is 8.99. The maximum Gasteiger partial charge on any atom is 0.258 e. The number of morpholine rings is 1. The van der Waals surface area contributed by atoms with Gasteiger partial charge in [-0.1, -0.05) is 30.3 Å². The quantitative estimate of drug-likeness (QED) is 0.264. The van der Waals surface area contributed by atoms with Crippen LogP contribution in [0.2, 0.25) is 0 Å². The first-order chi connectivity index (χ1) is 20.3. The van der Waals surface area contributed by atoms with E-state index in [-0.39, 0.29) is 10.8 Å². The molecule has 3 aromatic carbocycles. The number of likely N-dealkylation sites (N-methyl/N-ethyl adjacent to an activating group) is 1. The number of hydrogen-bond donors (Lipinski definition) is 0. The van der Waals surface area contributed by atoms with Crippen molar-refractivity contribution in [2.45, 2.75) is 32.2 Å². The fourth-order valence-corrected chi connectivity index (χ4v) is 7.17. The largest absolute Gasteiger partial charge is 0.491 e. The molecule has 0 spiro atoms. The van der Waals surface area contributed by atoms with Crippen molar-refractivity contribution in [2.24, 2.45) is 0 Å². The van der Waals surface area contributed by atoms with Crippen LogP contribution in [0.5, 0.6) is 5.75 Å². The maximum absolute atomic E-state index is 13.6. The lowest BCUT2D eigenvalue weighted by molar-refractivity contribution is -0.112. The molecule has 6 rings (SSSR count). The molecule has 0 aliphatic carbocycles. The van der Waals surface area contributed by atoms with Gasteiger partial charge in [-0.25, -0.2) is 8.42 Å². The van der Waals surface area contributed by atoms with Crippen molar-refractivity contribution in [1.29, 1.82) is 0 Å². The molecule has 2 aliphatic heterocycles. The highest BCUT2D eigenvalue weighted by Crippen LogP contribution is 2.40. The first-order valence-corrected chi connectivity index (χ1v) is 15.8. The van der Waals surface area contributed by atoms with E-state index in [1.165, 1.54) is 4.31 Å². The summed E-state index contributed by atoms with van der Waals surface area (Å²) in [4.78, 5) is 15.5. The van der Waals surface area contributed by atoms with E-state index in [0.29, 0.717) is 57.1 Å². The van der Waals surface area contributed by atoms with E-state index in [9.17, 15) is 13.2 Å². The van der Waals surface area contributed by atoms with Crippen LogP contribution in [0.15, 0.2) is 71.8 Å². The molecule has 0 atom stereocenters. The number of hydrogen-bond acceptors (Lipinski definition) is 5. The average molecular weight is 586 g/mol. The molecule has 1 aromatic heterocycles. The molecule has 0 N–H and O–H groups in total. The third-order valence-corrected chi connectivity index (χ3v) is 9.90. The maximum atomic E-state index is 13.6. The third-order valence-electron chi connectivity index (χ3n) is 8.00. The van der Waals surface area contributed by atoms with Gasteiger partial charge in [-0.05, 0) is 68.3 Å². The van der Waals surface area contributed by atoms with Gasteiger partial charge >= 0.3 is 0 Å². The molecule has 3 heterocycles. The Balaban J connectivity index is 1.35. The first kappa shape index (κ1) is 28.2. The van der Waals surface area contributed by atoms with Crippen LogP contribution >= 0.6 is 0 Å². The molecule has 0 radical (unpaired) electrons. The molecule has 218 valence electrons. The second kappa shape index (κ2) is 11.4. The van der Waals surface area contributed by atoms with Crippen molar-refractivity contribution in [2.75, 3.05) is 44.4 Å². The highest BCUT2D eigenvalue weighted by atomic mass is 32.2. The van der Waals surface area contributed by atoms with Crippen LogP contribution in [-0.4, -0.2) is 62.7 Å². The molecule has 2 aliphatic rings. The van der Waals surface area contributed by atoms with E-state index in [0.717, 1.165) is 39.0 Å². The van der Waals surface area contributed by atoms with Crippen LogP contribution in [0.1, 0.15) is 29.2 Å². The van der Waals surface area contributed by atoms with Gasteiger partial charge in [0, 0.05) is 53.4 Å². The predicted octanol–water partition coefficient (Wildman–Crippen LogP) is 5.27. The van der Waals surface area contributed by atoms with Gasteiger partial charge in [0.05, 0.1) is 30.3 Å². The van der Waals surface area contributed by atoms with Crippen LogP contribution in [0.3, 0.4) is 0 Å². The number of sulfonamides is 1. The van der Waals surface area contributed by atoms with E-state index < -0.39 is 10.0 Å². The molecular formula is C33H35N3O5S. The van der Waals surface area contributed by atoms with Crippen LogP contribution in [0.4, 0.5) is 5.69 Å². The van der Waals surface area contributed by atoms with Crippen molar-refractivity contribution in [3.8, 4) is 5.75 Å². The van der Waals surface area contributed by atoms with E-state index in [2.05, 4.69) is 35.8 Å². The molecule has 0 unspecified atom stereocenters. The summed E-state index contributed by atoms with van der Waals surface area (Å²) >= 11 is 0. The van der Waals surface area contributed by atoms with Crippen molar-refractivity contribution in [1.82, 2.24) is 8.87 Å². The van der Waals surface area contributed by atoms with Gasteiger partial charge in [0.2, 0.25) is 10.0 Å². The summed E-state index contributed by atoms with van der Waals surface area (Å²) in [6.07, 6.45) is 3.94. The predicted molar refractivity (Wildman–Crippen MR) is 165 cm³/mol. The number of fused-ring (bicyclic) bond motifs is 2. The van der Waals surface area contributed by atoms with Gasteiger partial charge in [0.15, 0.2) is 0 Å². The summed E-state index contributed by atoms with van der Waals surface area (Å²) in [7, 11) is -3.71. The topological polar surface area (TPSA) is 81.1 Å². The van der Waals surface area contributed by atoms with E-state index >= 15 is 0 Å². The molecule has 0 saturated carbocycles. The standard InChI is InChI=1S/C33H35N3O5S/c1-4-36-31-12-11-26(42(38,39)35-14-16-40-17-15-35)21-28(31)29(33(36)37)20-25-22-34(30-8-6-5-7-27(25)30)13-18-41-32-19-23(2)9-10-24(32)3/h5-12,19-22H,4,13-18H2,1-3H3/b29-20-. The van der Waals surface area contributed by atoms with E-state index in [1.54, 1.807) is 23.1 Å². The zero-order valence-corrected chi connectivity index (χ0v) is 25.0. The van der Waals surface area contributed by atoms with Gasteiger partial charge in [-0.3, -0.25) is 4.79 Å². The SMILES string of the molecule is CCN1C(=O)/C(=C\c2cn(CCOc3cc(C)ccc3C)c3ccccc23)c2cc(S(=O)(=O)N3CCOCC3)ccc21. The third kappa shape index (κ3) is 5.12. The number of benzene rings is 3. The number of aromatic nitrogens is 1. The van der Waals surface area contributed by atoms with Crippen molar-refractivity contribution < 1.29 is 22.7 Å². The Kier molecular flexibility index (Phi) is 7.66. The Morgan fingerprint density at radius 2 is 1.79 bits per heavy atom. The Labute approximate surface area is 246 Å². The summed E-state index contributed by atoms with van der Waals surface area (Å²) in [5.41, 5.74) is 6.02. The van der Waals surface area contributed by atoms with Gasteiger partial charge < -0.3 is 18.9 Å². The Morgan fingerprint density at radius 1 is 1.00 bits per heavy atom. The van der Waals surface area contributed by atoms with Crippen LogP contribution in [0.25, 0.3) is 22.6 Å². The minimum atomic E-state index is -3.71. The monoisotopic (exact) mass is 585 g/mol. The van der Waals surface area contributed by atoms with E-state index in [4.69, 9.17) is 9.47 Å².